The summed E-state index contributed by atoms with van der Waals surface area (Å²) in [6.07, 6.45) is 0.961. The molecule has 2 rings (SSSR count). The maximum absolute atomic E-state index is 13.0. The Labute approximate surface area is 111 Å². The third-order valence-corrected chi connectivity index (χ3v) is 2.92. The fourth-order valence-corrected chi connectivity index (χ4v) is 1.78. The van der Waals surface area contributed by atoms with Crippen molar-refractivity contribution in [3.05, 3.63) is 30.1 Å². The van der Waals surface area contributed by atoms with Crippen molar-refractivity contribution in [1.82, 2.24) is 0 Å². The summed E-state index contributed by atoms with van der Waals surface area (Å²) >= 11 is 0. The Morgan fingerprint density at radius 1 is 1.39 bits per heavy atom. The van der Waals surface area contributed by atoms with Gasteiger partial charge in [0.05, 0.1) is 0 Å². The van der Waals surface area contributed by atoms with Crippen LogP contribution >= 0.6 is 12.4 Å². The number of hydrogen-bond acceptors (Lipinski definition) is 3. The fraction of sp³-hybridized carbons (Fsp3) is 0.417. The number of benzene rings is 1. The second-order valence-corrected chi connectivity index (χ2v) is 4.23. The van der Waals surface area contributed by atoms with E-state index in [0.717, 1.165) is 0 Å². The van der Waals surface area contributed by atoms with E-state index in [1.807, 2.05) is 0 Å². The van der Waals surface area contributed by atoms with Gasteiger partial charge in [0.2, 0.25) is 5.91 Å². The number of nitrogens with one attached hydrogen (secondary N) is 1. The van der Waals surface area contributed by atoms with Crippen molar-refractivity contribution in [3.63, 3.8) is 0 Å². The molecule has 1 aliphatic rings. The van der Waals surface area contributed by atoms with E-state index in [-0.39, 0.29) is 24.1 Å². The normalized spacial score (nSPS) is 17.7. The molecule has 0 aliphatic carbocycles. The monoisotopic (exact) mass is 274 g/mol. The van der Waals surface area contributed by atoms with Crippen LogP contribution in [0.5, 0.6) is 0 Å². The average Bonchev–Trinajstić information content (AvgIpc) is 2.30. The van der Waals surface area contributed by atoms with Crippen LogP contribution in [0.2, 0.25) is 0 Å². The molecule has 1 saturated heterocycles. The van der Waals surface area contributed by atoms with Gasteiger partial charge in [-0.2, -0.15) is 0 Å². The van der Waals surface area contributed by atoms with E-state index < -0.39 is 5.54 Å². The summed E-state index contributed by atoms with van der Waals surface area (Å²) in [4.78, 5) is 12.0. The second-order valence-electron chi connectivity index (χ2n) is 4.23. The number of carbonyl (C=O) groups is 1. The molecule has 1 aromatic carbocycles. The van der Waals surface area contributed by atoms with Crippen molar-refractivity contribution in [2.45, 2.75) is 18.4 Å². The molecule has 100 valence electrons. The predicted molar refractivity (Wildman–Crippen MR) is 69.2 cm³/mol. The molecular weight excluding hydrogens is 259 g/mol. The number of halogens is 2. The molecule has 0 saturated carbocycles. The van der Waals surface area contributed by atoms with Gasteiger partial charge in [0.15, 0.2) is 0 Å². The third kappa shape index (κ3) is 3.41. The van der Waals surface area contributed by atoms with Gasteiger partial charge < -0.3 is 15.8 Å². The number of anilines is 1. The molecule has 0 radical (unpaired) electrons. The topological polar surface area (TPSA) is 64.4 Å². The highest BCUT2D eigenvalue weighted by molar-refractivity contribution is 5.98. The van der Waals surface area contributed by atoms with Crippen molar-refractivity contribution in [2.75, 3.05) is 18.5 Å². The molecule has 6 heteroatoms. The minimum Gasteiger partial charge on any atom is -0.381 e. The van der Waals surface area contributed by atoms with E-state index in [4.69, 9.17) is 10.5 Å². The number of hydrogen-bond donors (Lipinski definition) is 2. The van der Waals surface area contributed by atoms with Crippen LogP contribution in [-0.4, -0.2) is 24.7 Å². The largest absolute Gasteiger partial charge is 0.381 e. The molecule has 0 aromatic heterocycles. The average molecular weight is 275 g/mol. The standard InChI is InChI=1S/C12H15FN2O2.ClH/c13-9-2-1-3-10(8-9)15-11(16)12(14)4-6-17-7-5-12;/h1-3,8H,4-7,14H2,(H,15,16);1H. The fourth-order valence-electron chi connectivity index (χ4n) is 1.78. The van der Waals surface area contributed by atoms with Gasteiger partial charge in [0.25, 0.3) is 0 Å². The van der Waals surface area contributed by atoms with Crippen LogP contribution in [0, 0.1) is 5.82 Å². The first-order valence-electron chi connectivity index (χ1n) is 5.54. The van der Waals surface area contributed by atoms with Crippen LogP contribution in [0.25, 0.3) is 0 Å². The van der Waals surface area contributed by atoms with Gasteiger partial charge in [-0.25, -0.2) is 4.39 Å². The zero-order valence-corrected chi connectivity index (χ0v) is 10.6. The number of carbonyl (C=O) groups excluding carboxylic acids is 1. The SMILES string of the molecule is Cl.NC1(C(=O)Nc2cccc(F)c2)CCOCC1. The lowest BCUT2D eigenvalue weighted by molar-refractivity contribution is -0.124. The second kappa shape index (κ2) is 6.13. The summed E-state index contributed by atoms with van der Waals surface area (Å²) in [7, 11) is 0. The summed E-state index contributed by atoms with van der Waals surface area (Å²) in [5.74, 6) is -0.674. The quantitative estimate of drug-likeness (QED) is 0.863. The zero-order chi connectivity index (χ0) is 12.3. The van der Waals surface area contributed by atoms with Crippen molar-refractivity contribution in [3.8, 4) is 0 Å². The Bertz CT molecular complexity index is 422. The smallest absolute Gasteiger partial charge is 0.244 e. The van der Waals surface area contributed by atoms with E-state index >= 15 is 0 Å². The molecule has 0 bridgehead atoms. The minimum atomic E-state index is -0.912. The van der Waals surface area contributed by atoms with Gasteiger partial charge in [0, 0.05) is 18.9 Å². The van der Waals surface area contributed by atoms with E-state index in [9.17, 15) is 9.18 Å². The number of amides is 1. The van der Waals surface area contributed by atoms with Gasteiger partial charge in [-0.1, -0.05) is 6.07 Å². The van der Waals surface area contributed by atoms with E-state index in [0.29, 0.717) is 31.7 Å². The summed E-state index contributed by atoms with van der Waals surface area (Å²) in [5, 5.41) is 2.63. The lowest BCUT2D eigenvalue weighted by atomic mass is 9.90. The lowest BCUT2D eigenvalue weighted by Gasteiger charge is -2.31. The highest BCUT2D eigenvalue weighted by Crippen LogP contribution is 2.20. The molecule has 18 heavy (non-hydrogen) atoms. The highest BCUT2D eigenvalue weighted by atomic mass is 35.5. The molecule has 0 unspecified atom stereocenters. The van der Waals surface area contributed by atoms with Gasteiger partial charge in [-0.3, -0.25) is 4.79 Å². The molecule has 0 atom stereocenters. The Morgan fingerprint density at radius 3 is 2.67 bits per heavy atom. The molecule has 1 fully saturated rings. The van der Waals surface area contributed by atoms with Crippen molar-refractivity contribution in [2.24, 2.45) is 5.73 Å². The first kappa shape index (κ1) is 14.9. The summed E-state index contributed by atoms with van der Waals surface area (Å²) < 4.78 is 18.1. The number of rotatable bonds is 2. The minimum absolute atomic E-state index is 0. The van der Waals surface area contributed by atoms with E-state index in [1.54, 1.807) is 6.07 Å². The molecule has 1 amide bonds. The summed E-state index contributed by atoms with van der Waals surface area (Å²) in [5.41, 5.74) is 5.51. The van der Waals surface area contributed by atoms with Crippen molar-refractivity contribution >= 4 is 24.0 Å². The summed E-state index contributed by atoms with van der Waals surface area (Å²) in [6, 6.07) is 5.75. The van der Waals surface area contributed by atoms with Gasteiger partial charge >= 0.3 is 0 Å². The zero-order valence-electron chi connectivity index (χ0n) is 9.82. The number of nitrogens with two attached hydrogens (primary N) is 1. The van der Waals surface area contributed by atoms with Crippen molar-refractivity contribution < 1.29 is 13.9 Å². The predicted octanol–water partition coefficient (Wildman–Crippen LogP) is 1.69. The van der Waals surface area contributed by atoms with Crippen LogP contribution in [0.15, 0.2) is 24.3 Å². The molecule has 1 aliphatic heterocycles. The third-order valence-electron chi connectivity index (χ3n) is 2.92. The van der Waals surface area contributed by atoms with Crippen LogP contribution in [0.4, 0.5) is 10.1 Å². The maximum atomic E-state index is 13.0. The molecule has 1 heterocycles. The molecule has 3 N–H and O–H groups in total. The van der Waals surface area contributed by atoms with Crippen LogP contribution in [0.3, 0.4) is 0 Å². The summed E-state index contributed by atoms with van der Waals surface area (Å²) in [6.45, 7) is 0.958. The Balaban J connectivity index is 0.00000162. The van der Waals surface area contributed by atoms with E-state index in [1.165, 1.54) is 18.2 Å². The van der Waals surface area contributed by atoms with Crippen molar-refractivity contribution in [1.29, 1.82) is 0 Å². The Morgan fingerprint density at radius 2 is 2.06 bits per heavy atom. The molecule has 1 aromatic rings. The van der Waals surface area contributed by atoms with Crippen LogP contribution in [0.1, 0.15) is 12.8 Å². The number of ether oxygens (including phenoxy) is 1. The molecule has 4 nitrogen and oxygen atoms in total. The van der Waals surface area contributed by atoms with Gasteiger partial charge in [-0.05, 0) is 31.0 Å². The van der Waals surface area contributed by atoms with E-state index in [2.05, 4.69) is 5.32 Å². The first-order chi connectivity index (χ1) is 8.10. The first-order valence-corrected chi connectivity index (χ1v) is 5.54. The lowest BCUT2D eigenvalue weighted by Crippen LogP contribution is -2.54. The van der Waals surface area contributed by atoms with Crippen LogP contribution in [-0.2, 0) is 9.53 Å². The molecular formula is C12H16ClFN2O2. The molecule has 0 spiro atoms. The highest BCUT2D eigenvalue weighted by Gasteiger charge is 2.35. The van der Waals surface area contributed by atoms with Gasteiger partial charge in [-0.15, -0.1) is 12.4 Å². The van der Waals surface area contributed by atoms with Gasteiger partial charge in [0.1, 0.15) is 11.4 Å². The van der Waals surface area contributed by atoms with Crippen LogP contribution < -0.4 is 11.1 Å². The Kier molecular flexibility index (Phi) is 5.07. The Hall–Kier alpha value is -1.17. The maximum Gasteiger partial charge on any atom is 0.244 e.